The number of rotatable bonds is 2. The standard InChI is InChI=1S/C10H10N4/c11-5-8-4-9(7-12-6-8)10-2-1-3-13-14-10/h1-4,6-7H,5,11H2. The Kier molecular flexibility index (Phi) is 2.46. The summed E-state index contributed by atoms with van der Waals surface area (Å²) in [6, 6.07) is 5.71. The van der Waals surface area contributed by atoms with Crippen molar-refractivity contribution in [3.05, 3.63) is 42.4 Å². The smallest absolute Gasteiger partial charge is 0.0945 e. The number of nitrogens with zero attached hydrogens (tertiary/aromatic N) is 3. The minimum atomic E-state index is 0.487. The minimum Gasteiger partial charge on any atom is -0.326 e. The molecule has 4 heteroatoms. The number of pyridine rings is 1. The second-order valence-electron chi connectivity index (χ2n) is 2.89. The van der Waals surface area contributed by atoms with Crippen molar-refractivity contribution in [2.75, 3.05) is 0 Å². The molecule has 2 heterocycles. The first kappa shape index (κ1) is 8.77. The second-order valence-corrected chi connectivity index (χ2v) is 2.89. The highest BCUT2D eigenvalue weighted by Crippen LogP contribution is 2.14. The Morgan fingerprint density at radius 3 is 2.93 bits per heavy atom. The van der Waals surface area contributed by atoms with Gasteiger partial charge >= 0.3 is 0 Å². The molecule has 0 bridgehead atoms. The molecule has 14 heavy (non-hydrogen) atoms. The normalized spacial score (nSPS) is 10.1. The van der Waals surface area contributed by atoms with Gasteiger partial charge in [-0.2, -0.15) is 10.2 Å². The molecule has 2 aromatic heterocycles. The number of hydrogen-bond donors (Lipinski definition) is 1. The van der Waals surface area contributed by atoms with E-state index < -0.39 is 0 Å². The average Bonchev–Trinajstić information content (AvgIpc) is 2.30. The molecule has 0 aromatic carbocycles. The summed E-state index contributed by atoms with van der Waals surface area (Å²) in [6.45, 7) is 0.487. The van der Waals surface area contributed by atoms with Gasteiger partial charge in [-0.3, -0.25) is 4.98 Å². The van der Waals surface area contributed by atoms with Crippen LogP contribution >= 0.6 is 0 Å². The molecule has 0 atom stereocenters. The first-order valence-corrected chi connectivity index (χ1v) is 4.32. The quantitative estimate of drug-likeness (QED) is 0.759. The number of nitrogens with two attached hydrogens (primary N) is 1. The maximum absolute atomic E-state index is 5.52. The predicted molar refractivity (Wildman–Crippen MR) is 53.2 cm³/mol. The van der Waals surface area contributed by atoms with Gasteiger partial charge in [0.2, 0.25) is 0 Å². The van der Waals surface area contributed by atoms with Gasteiger partial charge in [0.25, 0.3) is 0 Å². The third-order valence-corrected chi connectivity index (χ3v) is 1.90. The fourth-order valence-electron chi connectivity index (χ4n) is 1.19. The number of hydrogen-bond acceptors (Lipinski definition) is 4. The molecule has 0 unspecified atom stereocenters. The molecule has 2 aromatic rings. The van der Waals surface area contributed by atoms with Crippen LogP contribution in [0.1, 0.15) is 5.56 Å². The summed E-state index contributed by atoms with van der Waals surface area (Å²) in [6.07, 6.45) is 5.15. The van der Waals surface area contributed by atoms with Crippen LogP contribution in [0.2, 0.25) is 0 Å². The van der Waals surface area contributed by atoms with Crippen molar-refractivity contribution in [1.29, 1.82) is 0 Å². The van der Waals surface area contributed by atoms with Crippen molar-refractivity contribution in [1.82, 2.24) is 15.2 Å². The van der Waals surface area contributed by atoms with Gasteiger partial charge < -0.3 is 5.73 Å². The third-order valence-electron chi connectivity index (χ3n) is 1.90. The molecule has 0 amide bonds. The van der Waals surface area contributed by atoms with E-state index in [1.54, 1.807) is 18.6 Å². The van der Waals surface area contributed by atoms with Crippen LogP contribution in [-0.2, 0) is 6.54 Å². The molecule has 0 fully saturated rings. The van der Waals surface area contributed by atoms with Crippen molar-refractivity contribution in [3.63, 3.8) is 0 Å². The number of aromatic nitrogens is 3. The Morgan fingerprint density at radius 1 is 1.29 bits per heavy atom. The van der Waals surface area contributed by atoms with Crippen LogP contribution in [0.15, 0.2) is 36.8 Å². The zero-order valence-electron chi connectivity index (χ0n) is 7.59. The summed E-state index contributed by atoms with van der Waals surface area (Å²) in [4.78, 5) is 4.08. The van der Waals surface area contributed by atoms with Gasteiger partial charge in [0.05, 0.1) is 5.69 Å². The van der Waals surface area contributed by atoms with E-state index in [-0.39, 0.29) is 0 Å². The first-order valence-electron chi connectivity index (χ1n) is 4.32. The summed E-state index contributed by atoms with van der Waals surface area (Å²) in [5, 5.41) is 7.80. The molecule has 0 saturated carbocycles. The van der Waals surface area contributed by atoms with Gasteiger partial charge in [0.15, 0.2) is 0 Å². The zero-order chi connectivity index (χ0) is 9.80. The fourth-order valence-corrected chi connectivity index (χ4v) is 1.19. The van der Waals surface area contributed by atoms with Gasteiger partial charge in [-0.15, -0.1) is 0 Å². The average molecular weight is 186 g/mol. The van der Waals surface area contributed by atoms with Crippen LogP contribution in [0.5, 0.6) is 0 Å². The Labute approximate surface area is 81.8 Å². The maximum atomic E-state index is 5.52. The van der Waals surface area contributed by atoms with E-state index in [0.29, 0.717) is 6.54 Å². The maximum Gasteiger partial charge on any atom is 0.0945 e. The van der Waals surface area contributed by atoms with Gasteiger partial charge in [0.1, 0.15) is 0 Å². The van der Waals surface area contributed by atoms with Crippen LogP contribution < -0.4 is 5.73 Å². The van der Waals surface area contributed by atoms with Crippen molar-refractivity contribution in [3.8, 4) is 11.3 Å². The summed E-state index contributed by atoms with van der Waals surface area (Å²) in [7, 11) is 0. The molecule has 0 saturated heterocycles. The van der Waals surface area contributed by atoms with Crippen LogP contribution in [0, 0.1) is 0 Å². The molecule has 70 valence electrons. The predicted octanol–water partition coefficient (Wildman–Crippen LogP) is 0.997. The highest BCUT2D eigenvalue weighted by molar-refractivity contribution is 5.57. The molecular weight excluding hydrogens is 176 g/mol. The van der Waals surface area contributed by atoms with Crippen LogP contribution in [0.4, 0.5) is 0 Å². The fraction of sp³-hybridized carbons (Fsp3) is 0.100. The van der Waals surface area contributed by atoms with E-state index in [0.717, 1.165) is 16.8 Å². The summed E-state index contributed by atoms with van der Waals surface area (Å²) >= 11 is 0. The molecule has 2 rings (SSSR count). The van der Waals surface area contributed by atoms with E-state index in [2.05, 4.69) is 15.2 Å². The van der Waals surface area contributed by atoms with Crippen LogP contribution in [0.3, 0.4) is 0 Å². The first-order chi connectivity index (χ1) is 6.90. The Hall–Kier alpha value is -1.81. The minimum absolute atomic E-state index is 0.487. The highest BCUT2D eigenvalue weighted by atomic mass is 15.1. The van der Waals surface area contributed by atoms with Crippen molar-refractivity contribution < 1.29 is 0 Å². The third kappa shape index (κ3) is 1.75. The van der Waals surface area contributed by atoms with Crippen LogP contribution in [0.25, 0.3) is 11.3 Å². The Balaban J connectivity index is 2.42. The molecule has 0 aliphatic heterocycles. The molecule has 0 radical (unpaired) electrons. The van der Waals surface area contributed by atoms with Gasteiger partial charge in [-0.1, -0.05) is 0 Å². The monoisotopic (exact) mass is 186 g/mol. The van der Waals surface area contributed by atoms with Crippen molar-refractivity contribution in [2.24, 2.45) is 5.73 Å². The summed E-state index contributed by atoms with van der Waals surface area (Å²) in [5.41, 5.74) is 8.27. The van der Waals surface area contributed by atoms with Crippen molar-refractivity contribution in [2.45, 2.75) is 6.54 Å². The SMILES string of the molecule is NCc1cncc(-c2cccnn2)c1. The lowest BCUT2D eigenvalue weighted by Gasteiger charge is -2.00. The lowest BCUT2D eigenvalue weighted by molar-refractivity contribution is 1.02. The second kappa shape index (κ2) is 3.93. The Morgan fingerprint density at radius 2 is 2.21 bits per heavy atom. The largest absolute Gasteiger partial charge is 0.326 e. The van der Waals surface area contributed by atoms with E-state index in [1.165, 1.54) is 0 Å². The lowest BCUT2D eigenvalue weighted by atomic mass is 10.1. The molecule has 0 spiro atoms. The summed E-state index contributed by atoms with van der Waals surface area (Å²) < 4.78 is 0. The van der Waals surface area contributed by atoms with Gasteiger partial charge in [-0.25, -0.2) is 0 Å². The highest BCUT2D eigenvalue weighted by Gasteiger charge is 1.99. The van der Waals surface area contributed by atoms with Crippen LogP contribution in [-0.4, -0.2) is 15.2 Å². The molecule has 2 N–H and O–H groups in total. The van der Waals surface area contributed by atoms with E-state index in [4.69, 9.17) is 5.73 Å². The molecule has 4 nitrogen and oxygen atoms in total. The van der Waals surface area contributed by atoms with Gasteiger partial charge in [-0.05, 0) is 23.8 Å². The zero-order valence-corrected chi connectivity index (χ0v) is 7.59. The van der Waals surface area contributed by atoms with Gasteiger partial charge in [0, 0.05) is 30.7 Å². The lowest BCUT2D eigenvalue weighted by Crippen LogP contribution is -1.97. The molecule has 0 aliphatic carbocycles. The van der Waals surface area contributed by atoms with E-state index in [1.807, 2.05) is 18.2 Å². The Bertz CT molecular complexity index is 413. The van der Waals surface area contributed by atoms with E-state index >= 15 is 0 Å². The van der Waals surface area contributed by atoms with Crippen molar-refractivity contribution >= 4 is 0 Å². The van der Waals surface area contributed by atoms with E-state index in [9.17, 15) is 0 Å². The molecular formula is C10H10N4. The molecule has 0 aliphatic rings. The topological polar surface area (TPSA) is 64.7 Å². The summed E-state index contributed by atoms with van der Waals surface area (Å²) in [5.74, 6) is 0.